The van der Waals surface area contributed by atoms with E-state index in [4.69, 9.17) is 0 Å². The molecule has 0 bridgehead atoms. The van der Waals surface area contributed by atoms with Crippen molar-refractivity contribution in [3.05, 3.63) is 65.5 Å². The van der Waals surface area contributed by atoms with Gasteiger partial charge in [0.1, 0.15) is 5.82 Å². The molecular formula is C18H22FIN4O2. The van der Waals surface area contributed by atoms with Crippen molar-refractivity contribution in [2.45, 2.75) is 13.1 Å². The first-order chi connectivity index (χ1) is 12.1. The minimum atomic E-state index is -0.507. The Labute approximate surface area is 169 Å². The van der Waals surface area contributed by atoms with Crippen LogP contribution in [0.25, 0.3) is 0 Å². The van der Waals surface area contributed by atoms with E-state index in [-0.39, 0.29) is 29.8 Å². The number of ether oxygens (including phenoxy) is 1. The van der Waals surface area contributed by atoms with Gasteiger partial charge in [0.2, 0.25) is 0 Å². The number of halogens is 2. The van der Waals surface area contributed by atoms with Gasteiger partial charge in [-0.15, -0.1) is 24.0 Å². The quantitative estimate of drug-likeness (QED) is 0.354. The highest BCUT2D eigenvalue weighted by Gasteiger charge is 2.02. The number of hydrogen-bond donors (Lipinski definition) is 3. The molecule has 3 N–H and O–H groups in total. The lowest BCUT2D eigenvalue weighted by Gasteiger charge is -2.12. The molecule has 0 aliphatic rings. The standard InChI is InChI=1S/C18H21FN4O2.HI/c1-20-17(22-12-14-4-3-5-15(19)10-14)21-11-13-6-8-16(9-7-13)23-18(24)25-2;/h3-10H,11-12H2,1-2H3,(H,23,24)(H2,20,21,22);1H. The summed E-state index contributed by atoms with van der Waals surface area (Å²) >= 11 is 0. The molecule has 0 atom stereocenters. The maximum Gasteiger partial charge on any atom is 0.411 e. The van der Waals surface area contributed by atoms with E-state index in [0.29, 0.717) is 24.7 Å². The number of hydrogen-bond acceptors (Lipinski definition) is 3. The molecule has 0 aromatic heterocycles. The molecule has 2 rings (SSSR count). The highest BCUT2D eigenvalue weighted by molar-refractivity contribution is 14.0. The smallest absolute Gasteiger partial charge is 0.411 e. The van der Waals surface area contributed by atoms with E-state index in [9.17, 15) is 9.18 Å². The molecule has 140 valence electrons. The lowest BCUT2D eigenvalue weighted by molar-refractivity contribution is 0.187. The van der Waals surface area contributed by atoms with E-state index in [1.165, 1.54) is 19.2 Å². The maximum atomic E-state index is 13.2. The highest BCUT2D eigenvalue weighted by Crippen LogP contribution is 2.09. The summed E-state index contributed by atoms with van der Waals surface area (Å²) in [5.41, 5.74) is 2.51. The lowest BCUT2D eigenvalue weighted by atomic mass is 10.2. The third-order valence-electron chi connectivity index (χ3n) is 3.42. The summed E-state index contributed by atoms with van der Waals surface area (Å²) in [6.07, 6.45) is -0.507. The van der Waals surface area contributed by atoms with Crippen LogP contribution in [0, 0.1) is 5.82 Å². The van der Waals surface area contributed by atoms with Gasteiger partial charge < -0.3 is 15.4 Å². The zero-order valence-electron chi connectivity index (χ0n) is 14.6. The number of aliphatic imine (C=N–C) groups is 1. The van der Waals surface area contributed by atoms with Gasteiger partial charge in [0.05, 0.1) is 7.11 Å². The van der Waals surface area contributed by atoms with Crippen LogP contribution >= 0.6 is 24.0 Å². The van der Waals surface area contributed by atoms with Crippen molar-refractivity contribution in [3.63, 3.8) is 0 Å². The predicted octanol–water partition coefficient (Wildman–Crippen LogP) is 3.49. The Balaban J connectivity index is 0.00000338. The van der Waals surface area contributed by atoms with Crippen LogP contribution in [-0.4, -0.2) is 26.2 Å². The number of amides is 1. The summed E-state index contributed by atoms with van der Waals surface area (Å²) in [5, 5.41) is 8.89. The summed E-state index contributed by atoms with van der Waals surface area (Å²) in [6, 6.07) is 13.8. The number of guanidine groups is 1. The molecule has 0 radical (unpaired) electrons. The maximum absolute atomic E-state index is 13.2. The molecule has 1 amide bonds. The fourth-order valence-corrected chi connectivity index (χ4v) is 2.11. The van der Waals surface area contributed by atoms with E-state index < -0.39 is 6.09 Å². The molecule has 6 nitrogen and oxygen atoms in total. The number of carbonyl (C=O) groups excluding carboxylic acids is 1. The van der Waals surface area contributed by atoms with Gasteiger partial charge in [-0.3, -0.25) is 10.3 Å². The first-order valence-electron chi connectivity index (χ1n) is 7.73. The number of anilines is 1. The first kappa shape index (κ1) is 21.7. The van der Waals surface area contributed by atoms with Gasteiger partial charge in [-0.2, -0.15) is 0 Å². The summed E-state index contributed by atoms with van der Waals surface area (Å²) in [7, 11) is 2.99. The van der Waals surface area contributed by atoms with E-state index in [2.05, 4.69) is 25.7 Å². The second-order valence-corrected chi connectivity index (χ2v) is 5.22. The largest absolute Gasteiger partial charge is 0.453 e. The number of nitrogens with zero attached hydrogens (tertiary/aromatic N) is 1. The molecule has 8 heteroatoms. The normalized spacial score (nSPS) is 10.5. The summed E-state index contributed by atoms with van der Waals surface area (Å²) in [5.74, 6) is 0.351. The second kappa shape index (κ2) is 11.3. The summed E-state index contributed by atoms with van der Waals surface area (Å²) in [6.45, 7) is 1.03. The summed E-state index contributed by atoms with van der Waals surface area (Å²) < 4.78 is 17.7. The number of carbonyl (C=O) groups is 1. The van der Waals surface area contributed by atoms with Crippen LogP contribution < -0.4 is 16.0 Å². The van der Waals surface area contributed by atoms with Crippen LogP contribution in [0.4, 0.5) is 14.9 Å². The van der Waals surface area contributed by atoms with Crippen molar-refractivity contribution in [2.75, 3.05) is 19.5 Å². The number of nitrogens with one attached hydrogen (secondary N) is 3. The molecule has 2 aromatic rings. The predicted molar refractivity (Wildman–Crippen MR) is 111 cm³/mol. The van der Waals surface area contributed by atoms with Gasteiger partial charge in [0.25, 0.3) is 0 Å². The monoisotopic (exact) mass is 472 g/mol. The van der Waals surface area contributed by atoms with Gasteiger partial charge in [0.15, 0.2) is 5.96 Å². The van der Waals surface area contributed by atoms with Crippen molar-refractivity contribution in [3.8, 4) is 0 Å². The Hall–Kier alpha value is -2.36. The first-order valence-corrected chi connectivity index (χ1v) is 7.73. The van der Waals surface area contributed by atoms with Crippen LogP contribution in [0.3, 0.4) is 0 Å². The molecule has 0 fully saturated rings. The van der Waals surface area contributed by atoms with Crippen LogP contribution in [0.15, 0.2) is 53.5 Å². The third-order valence-corrected chi connectivity index (χ3v) is 3.42. The molecule has 0 heterocycles. The van der Waals surface area contributed by atoms with Crippen LogP contribution in [0.2, 0.25) is 0 Å². The SMILES string of the molecule is CN=C(NCc1ccc(NC(=O)OC)cc1)NCc1cccc(F)c1.I. The summed E-state index contributed by atoms with van der Waals surface area (Å²) in [4.78, 5) is 15.3. The second-order valence-electron chi connectivity index (χ2n) is 5.22. The third kappa shape index (κ3) is 7.26. The van der Waals surface area contributed by atoms with Crippen molar-refractivity contribution >= 4 is 41.7 Å². The Morgan fingerprint density at radius 3 is 2.31 bits per heavy atom. The molecule has 0 aliphatic heterocycles. The van der Waals surface area contributed by atoms with Crippen molar-refractivity contribution in [1.82, 2.24) is 10.6 Å². The van der Waals surface area contributed by atoms with Crippen LogP contribution in [0.5, 0.6) is 0 Å². The highest BCUT2D eigenvalue weighted by atomic mass is 127. The van der Waals surface area contributed by atoms with Gasteiger partial charge >= 0.3 is 6.09 Å². The molecule has 0 saturated carbocycles. The Bertz CT molecular complexity index is 738. The van der Waals surface area contributed by atoms with E-state index in [1.54, 1.807) is 25.2 Å². The average molecular weight is 472 g/mol. The van der Waals surface area contributed by atoms with Crippen LogP contribution in [-0.2, 0) is 17.8 Å². The van der Waals surface area contributed by atoms with Gasteiger partial charge in [-0.05, 0) is 35.4 Å². The van der Waals surface area contributed by atoms with Crippen molar-refractivity contribution in [2.24, 2.45) is 4.99 Å². The number of benzene rings is 2. The Morgan fingerprint density at radius 1 is 1.08 bits per heavy atom. The molecule has 0 unspecified atom stereocenters. The van der Waals surface area contributed by atoms with Crippen molar-refractivity contribution in [1.29, 1.82) is 0 Å². The fourth-order valence-electron chi connectivity index (χ4n) is 2.11. The van der Waals surface area contributed by atoms with Crippen molar-refractivity contribution < 1.29 is 13.9 Å². The zero-order chi connectivity index (χ0) is 18.1. The fraction of sp³-hybridized carbons (Fsp3) is 0.222. The number of methoxy groups -OCH3 is 1. The van der Waals surface area contributed by atoms with Crippen LogP contribution in [0.1, 0.15) is 11.1 Å². The topological polar surface area (TPSA) is 74.8 Å². The molecular weight excluding hydrogens is 450 g/mol. The molecule has 0 saturated heterocycles. The minimum absolute atomic E-state index is 0. The number of rotatable bonds is 5. The van der Waals surface area contributed by atoms with E-state index in [0.717, 1.165) is 11.1 Å². The molecule has 0 spiro atoms. The zero-order valence-corrected chi connectivity index (χ0v) is 16.9. The van der Waals surface area contributed by atoms with E-state index in [1.807, 2.05) is 18.2 Å². The molecule has 2 aromatic carbocycles. The molecule has 26 heavy (non-hydrogen) atoms. The Kier molecular flexibility index (Phi) is 9.42. The minimum Gasteiger partial charge on any atom is -0.453 e. The lowest BCUT2D eigenvalue weighted by Crippen LogP contribution is -2.36. The van der Waals surface area contributed by atoms with E-state index >= 15 is 0 Å². The van der Waals surface area contributed by atoms with Gasteiger partial charge in [-0.1, -0.05) is 24.3 Å². The average Bonchev–Trinajstić information content (AvgIpc) is 2.63. The van der Waals surface area contributed by atoms with Gasteiger partial charge in [0, 0.05) is 25.8 Å². The molecule has 0 aliphatic carbocycles. The van der Waals surface area contributed by atoms with Gasteiger partial charge in [-0.25, -0.2) is 9.18 Å². The Morgan fingerprint density at radius 2 is 1.73 bits per heavy atom.